The maximum absolute atomic E-state index is 11.6. The Bertz CT molecular complexity index is 319. The quantitative estimate of drug-likeness (QED) is 0.502. The molecule has 3 atom stereocenters. The Morgan fingerprint density at radius 2 is 2.25 bits per heavy atom. The molecular weight excluding hydrogens is 200 g/mol. The minimum atomic E-state index is -0.0116. The zero-order valence-corrected chi connectivity index (χ0v) is 10.6. The van der Waals surface area contributed by atoms with E-state index in [0.29, 0.717) is 11.3 Å². The van der Waals surface area contributed by atoms with Crippen molar-refractivity contribution < 1.29 is 9.53 Å². The first-order valence-corrected chi connectivity index (χ1v) is 6.35. The summed E-state index contributed by atoms with van der Waals surface area (Å²) >= 11 is 0. The minimum absolute atomic E-state index is 0.0116. The summed E-state index contributed by atoms with van der Waals surface area (Å²) in [5.41, 5.74) is 1.81. The molecule has 2 heteroatoms. The van der Waals surface area contributed by atoms with Gasteiger partial charge in [0.15, 0.2) is 0 Å². The second-order valence-electron chi connectivity index (χ2n) is 5.48. The number of hydrogen-bond donors (Lipinski definition) is 0. The van der Waals surface area contributed by atoms with Gasteiger partial charge in [0.05, 0.1) is 13.0 Å². The summed E-state index contributed by atoms with van der Waals surface area (Å²) in [5.74, 6) is 0.837. The number of ether oxygens (including phenoxy) is 1. The Labute approximate surface area is 98.1 Å². The Morgan fingerprint density at radius 1 is 1.50 bits per heavy atom. The normalized spacial score (nSPS) is 38.6. The van der Waals surface area contributed by atoms with Gasteiger partial charge in [-0.25, -0.2) is 0 Å². The van der Waals surface area contributed by atoms with E-state index >= 15 is 0 Å². The molecule has 1 spiro atoms. The van der Waals surface area contributed by atoms with Gasteiger partial charge in [0.25, 0.3) is 0 Å². The molecule has 1 fully saturated rings. The molecule has 0 aromatic carbocycles. The summed E-state index contributed by atoms with van der Waals surface area (Å²) in [7, 11) is 1.50. The molecule has 0 N–H and O–H groups in total. The molecule has 0 radical (unpaired) electrons. The first kappa shape index (κ1) is 11.7. The Morgan fingerprint density at radius 3 is 2.88 bits per heavy atom. The molecule has 16 heavy (non-hydrogen) atoms. The van der Waals surface area contributed by atoms with Crippen LogP contribution in [0.5, 0.6) is 0 Å². The third-order valence-corrected chi connectivity index (χ3v) is 4.86. The van der Waals surface area contributed by atoms with Crippen LogP contribution in [0.3, 0.4) is 0 Å². The largest absolute Gasteiger partial charge is 0.469 e. The highest BCUT2D eigenvalue weighted by molar-refractivity contribution is 5.72. The molecule has 1 unspecified atom stereocenters. The molecule has 0 aromatic rings. The Kier molecular flexibility index (Phi) is 3.09. The second kappa shape index (κ2) is 4.23. The lowest BCUT2D eigenvalue weighted by Crippen LogP contribution is -2.31. The third-order valence-electron chi connectivity index (χ3n) is 4.86. The SMILES string of the molecule is COC(=O)C1CC[C@]2(C1)C(C)=CCC[C@H]2C. The molecule has 0 heterocycles. The minimum Gasteiger partial charge on any atom is -0.469 e. The van der Waals surface area contributed by atoms with Crippen LogP contribution in [0.1, 0.15) is 46.0 Å². The van der Waals surface area contributed by atoms with Gasteiger partial charge in [-0.1, -0.05) is 18.6 Å². The summed E-state index contributed by atoms with van der Waals surface area (Å²) in [6.45, 7) is 4.59. The van der Waals surface area contributed by atoms with Crippen LogP contribution in [-0.4, -0.2) is 13.1 Å². The first-order chi connectivity index (χ1) is 7.60. The molecule has 2 aliphatic carbocycles. The van der Waals surface area contributed by atoms with Crippen LogP contribution < -0.4 is 0 Å². The van der Waals surface area contributed by atoms with Crippen LogP contribution in [0.25, 0.3) is 0 Å². The lowest BCUT2D eigenvalue weighted by molar-refractivity contribution is -0.145. The number of allylic oxidation sites excluding steroid dienone is 2. The van der Waals surface area contributed by atoms with Crippen molar-refractivity contribution in [1.29, 1.82) is 0 Å². The Hall–Kier alpha value is -0.790. The summed E-state index contributed by atoms with van der Waals surface area (Å²) in [4.78, 5) is 11.6. The standard InChI is InChI=1S/C14H22O2/c1-10-5-4-6-11(2)14(10)8-7-12(9-14)13(15)16-3/h5,11-12H,4,6-9H2,1-3H3/t11-,12?,14+/m1/s1. The summed E-state index contributed by atoms with van der Waals surface area (Å²) in [6, 6.07) is 0. The molecule has 1 saturated carbocycles. The lowest BCUT2D eigenvalue weighted by Gasteiger charge is -2.40. The monoisotopic (exact) mass is 222 g/mol. The summed E-state index contributed by atoms with van der Waals surface area (Å²) in [5, 5.41) is 0. The number of carbonyl (C=O) groups excluding carboxylic acids is 1. The number of carbonyl (C=O) groups is 1. The van der Waals surface area contributed by atoms with Crippen molar-refractivity contribution >= 4 is 5.97 Å². The zero-order chi connectivity index (χ0) is 11.8. The van der Waals surface area contributed by atoms with E-state index in [1.807, 2.05) is 0 Å². The van der Waals surface area contributed by atoms with E-state index in [0.717, 1.165) is 19.3 Å². The highest BCUT2D eigenvalue weighted by Gasteiger charge is 2.47. The first-order valence-electron chi connectivity index (χ1n) is 6.35. The fraction of sp³-hybridized carbons (Fsp3) is 0.786. The van der Waals surface area contributed by atoms with Crippen LogP contribution in [0.4, 0.5) is 0 Å². The maximum atomic E-state index is 11.6. The van der Waals surface area contributed by atoms with Crippen molar-refractivity contribution in [3.05, 3.63) is 11.6 Å². The fourth-order valence-corrected chi connectivity index (χ4v) is 3.67. The summed E-state index contributed by atoms with van der Waals surface area (Å²) < 4.78 is 4.88. The third kappa shape index (κ3) is 1.68. The van der Waals surface area contributed by atoms with Gasteiger partial charge in [-0.05, 0) is 50.4 Å². The van der Waals surface area contributed by atoms with Gasteiger partial charge >= 0.3 is 5.97 Å². The molecule has 90 valence electrons. The molecule has 2 rings (SSSR count). The van der Waals surface area contributed by atoms with E-state index in [4.69, 9.17) is 4.74 Å². The number of rotatable bonds is 1. The highest BCUT2D eigenvalue weighted by Crippen LogP contribution is 2.55. The van der Waals surface area contributed by atoms with Gasteiger partial charge in [-0.3, -0.25) is 4.79 Å². The predicted molar refractivity (Wildman–Crippen MR) is 63.9 cm³/mol. The smallest absolute Gasteiger partial charge is 0.308 e. The van der Waals surface area contributed by atoms with E-state index in [1.54, 1.807) is 0 Å². The van der Waals surface area contributed by atoms with Gasteiger partial charge in [0.2, 0.25) is 0 Å². The van der Waals surface area contributed by atoms with Crippen LogP contribution in [0, 0.1) is 17.3 Å². The van der Waals surface area contributed by atoms with Crippen molar-refractivity contribution in [3.8, 4) is 0 Å². The van der Waals surface area contributed by atoms with Crippen molar-refractivity contribution in [2.75, 3.05) is 7.11 Å². The van der Waals surface area contributed by atoms with Crippen molar-refractivity contribution in [1.82, 2.24) is 0 Å². The van der Waals surface area contributed by atoms with Crippen LogP contribution >= 0.6 is 0 Å². The molecule has 0 aliphatic heterocycles. The van der Waals surface area contributed by atoms with E-state index < -0.39 is 0 Å². The fourth-order valence-electron chi connectivity index (χ4n) is 3.67. The lowest BCUT2D eigenvalue weighted by atomic mass is 9.65. The van der Waals surface area contributed by atoms with Crippen LogP contribution in [0.15, 0.2) is 11.6 Å². The van der Waals surface area contributed by atoms with Gasteiger partial charge < -0.3 is 4.74 Å². The molecule has 0 bridgehead atoms. The van der Waals surface area contributed by atoms with Gasteiger partial charge in [0, 0.05) is 0 Å². The molecule has 0 aromatic heterocycles. The highest BCUT2D eigenvalue weighted by atomic mass is 16.5. The van der Waals surface area contributed by atoms with Gasteiger partial charge in [-0.15, -0.1) is 0 Å². The predicted octanol–water partition coefficient (Wildman–Crippen LogP) is 3.32. The van der Waals surface area contributed by atoms with E-state index in [-0.39, 0.29) is 11.9 Å². The Balaban J connectivity index is 2.18. The average molecular weight is 222 g/mol. The van der Waals surface area contributed by atoms with Gasteiger partial charge in [0.1, 0.15) is 0 Å². The van der Waals surface area contributed by atoms with Crippen molar-refractivity contribution in [2.45, 2.75) is 46.0 Å². The number of esters is 1. The number of hydrogen-bond acceptors (Lipinski definition) is 2. The average Bonchev–Trinajstić information content (AvgIpc) is 2.72. The van der Waals surface area contributed by atoms with Crippen molar-refractivity contribution in [3.63, 3.8) is 0 Å². The van der Waals surface area contributed by atoms with Gasteiger partial charge in [-0.2, -0.15) is 0 Å². The molecule has 0 amide bonds. The molecule has 0 saturated heterocycles. The van der Waals surface area contributed by atoms with Crippen LogP contribution in [-0.2, 0) is 9.53 Å². The number of methoxy groups -OCH3 is 1. The molecule has 2 nitrogen and oxygen atoms in total. The van der Waals surface area contributed by atoms with E-state index in [1.165, 1.54) is 25.5 Å². The van der Waals surface area contributed by atoms with Crippen molar-refractivity contribution in [2.24, 2.45) is 17.3 Å². The second-order valence-corrected chi connectivity index (χ2v) is 5.48. The molecular formula is C14H22O2. The zero-order valence-electron chi connectivity index (χ0n) is 10.6. The van der Waals surface area contributed by atoms with Crippen LogP contribution in [0.2, 0.25) is 0 Å². The summed E-state index contributed by atoms with van der Waals surface area (Å²) in [6.07, 6.45) is 8.02. The topological polar surface area (TPSA) is 26.3 Å². The maximum Gasteiger partial charge on any atom is 0.308 e. The van der Waals surface area contributed by atoms with E-state index in [9.17, 15) is 4.79 Å². The van der Waals surface area contributed by atoms with E-state index in [2.05, 4.69) is 19.9 Å². The molecule has 2 aliphatic rings.